The number of ether oxygens (including phenoxy) is 3. The van der Waals surface area contributed by atoms with Gasteiger partial charge in [-0.2, -0.15) is 0 Å². The van der Waals surface area contributed by atoms with E-state index in [1.165, 1.54) is 6.08 Å². The number of carbonyl (C=O) groups is 2. The lowest BCUT2D eigenvalue weighted by molar-refractivity contribution is -0.165. The molecule has 0 amide bonds. The van der Waals surface area contributed by atoms with Gasteiger partial charge in [0.25, 0.3) is 0 Å². The highest BCUT2D eigenvalue weighted by atomic mass is 16.6. The summed E-state index contributed by atoms with van der Waals surface area (Å²) in [7, 11) is 0. The van der Waals surface area contributed by atoms with Crippen molar-refractivity contribution in [2.24, 2.45) is 11.8 Å². The van der Waals surface area contributed by atoms with E-state index in [2.05, 4.69) is 0 Å². The third-order valence-corrected chi connectivity index (χ3v) is 6.59. The number of carboxylic acids is 1. The number of hydrogen-bond donors (Lipinski definition) is 4. The van der Waals surface area contributed by atoms with E-state index < -0.39 is 36.4 Å². The van der Waals surface area contributed by atoms with Gasteiger partial charge in [0, 0.05) is 24.3 Å². The third kappa shape index (κ3) is 9.33. The Bertz CT molecular complexity index is 662. The summed E-state index contributed by atoms with van der Waals surface area (Å²) in [4.78, 5) is 22.4. The smallest absolute Gasteiger partial charge is 0.330 e. The SMILES string of the molecule is C/C(=C\C(=O)OCCCCCCC(=O)O)CC1OCC(CC2OC2C(C)C(C)O)C(O)C1O. The van der Waals surface area contributed by atoms with Crippen LogP contribution in [0.5, 0.6) is 0 Å². The number of unbranched alkanes of at least 4 members (excludes halogenated alkanes) is 3. The van der Waals surface area contributed by atoms with Gasteiger partial charge in [0.05, 0.1) is 43.7 Å². The number of rotatable bonds is 14. The van der Waals surface area contributed by atoms with Gasteiger partial charge in [0.2, 0.25) is 0 Å². The molecule has 190 valence electrons. The van der Waals surface area contributed by atoms with Crippen LogP contribution in [0.25, 0.3) is 0 Å². The molecule has 0 radical (unpaired) electrons. The highest BCUT2D eigenvalue weighted by molar-refractivity contribution is 5.82. The van der Waals surface area contributed by atoms with Crippen molar-refractivity contribution in [1.82, 2.24) is 0 Å². The molecule has 2 aliphatic rings. The van der Waals surface area contributed by atoms with Crippen molar-refractivity contribution in [1.29, 1.82) is 0 Å². The molecule has 0 aromatic heterocycles. The molecule has 2 rings (SSSR count). The molecule has 8 atom stereocenters. The van der Waals surface area contributed by atoms with Crippen molar-refractivity contribution < 1.29 is 44.2 Å². The average molecular weight is 473 g/mol. The van der Waals surface area contributed by atoms with Gasteiger partial charge in [-0.1, -0.05) is 25.3 Å². The van der Waals surface area contributed by atoms with E-state index in [-0.39, 0.29) is 43.7 Å². The van der Waals surface area contributed by atoms with Crippen LogP contribution in [0.4, 0.5) is 0 Å². The minimum absolute atomic E-state index is 0.0128. The summed E-state index contributed by atoms with van der Waals surface area (Å²) >= 11 is 0. The Hall–Kier alpha value is -1.52. The van der Waals surface area contributed by atoms with E-state index in [4.69, 9.17) is 19.3 Å². The highest BCUT2D eigenvalue weighted by Crippen LogP contribution is 2.38. The van der Waals surface area contributed by atoms with E-state index in [0.717, 1.165) is 12.8 Å². The van der Waals surface area contributed by atoms with Crippen molar-refractivity contribution in [2.45, 2.75) is 102 Å². The van der Waals surface area contributed by atoms with Crippen molar-refractivity contribution in [3.8, 4) is 0 Å². The number of aliphatic carboxylic acids is 1. The number of epoxide rings is 1. The maximum absolute atomic E-state index is 12.0. The molecule has 9 nitrogen and oxygen atoms in total. The molecule has 0 aromatic rings. The van der Waals surface area contributed by atoms with Gasteiger partial charge in [-0.05, 0) is 39.5 Å². The van der Waals surface area contributed by atoms with Crippen LogP contribution in [0.3, 0.4) is 0 Å². The largest absolute Gasteiger partial charge is 0.481 e. The first kappa shape index (κ1) is 27.7. The minimum atomic E-state index is -1.07. The molecule has 0 saturated carbocycles. The summed E-state index contributed by atoms with van der Waals surface area (Å²) in [6.45, 7) is 5.97. The molecule has 2 fully saturated rings. The topological polar surface area (TPSA) is 146 Å². The van der Waals surface area contributed by atoms with Crippen molar-refractivity contribution in [2.75, 3.05) is 13.2 Å². The Morgan fingerprint density at radius 3 is 2.45 bits per heavy atom. The number of aliphatic hydroxyl groups is 3. The molecule has 2 heterocycles. The first-order chi connectivity index (χ1) is 15.6. The Labute approximate surface area is 195 Å². The van der Waals surface area contributed by atoms with Gasteiger partial charge in [0.15, 0.2) is 0 Å². The van der Waals surface area contributed by atoms with Crippen molar-refractivity contribution in [3.63, 3.8) is 0 Å². The Balaban J connectivity index is 1.67. The Morgan fingerprint density at radius 2 is 1.79 bits per heavy atom. The molecule has 2 saturated heterocycles. The lowest BCUT2D eigenvalue weighted by atomic mass is 9.85. The first-order valence-corrected chi connectivity index (χ1v) is 12.0. The van der Waals surface area contributed by atoms with Gasteiger partial charge in [-0.15, -0.1) is 0 Å². The molecule has 0 bridgehead atoms. The number of carbonyl (C=O) groups excluding carboxylic acids is 1. The Kier molecular flexibility index (Phi) is 11.2. The standard InChI is InChI=1S/C24H40O9/c1-14(11-21(28)31-9-7-5-4-6-8-20(26)27)10-18-23(30)22(29)17(13-32-18)12-19-24(33-19)15(2)16(3)25/h11,15-19,22-25,29-30H,4-10,12-13H2,1-3H3,(H,26,27)/b14-11+. The number of hydrogen-bond acceptors (Lipinski definition) is 8. The fraction of sp³-hybridized carbons (Fsp3) is 0.833. The number of esters is 1. The predicted molar refractivity (Wildman–Crippen MR) is 119 cm³/mol. The summed E-state index contributed by atoms with van der Waals surface area (Å²) in [6, 6.07) is 0. The van der Waals surface area contributed by atoms with Crippen LogP contribution in [0.15, 0.2) is 11.6 Å². The maximum Gasteiger partial charge on any atom is 0.330 e. The quantitative estimate of drug-likeness (QED) is 0.129. The van der Waals surface area contributed by atoms with Gasteiger partial charge in [0.1, 0.15) is 6.10 Å². The third-order valence-electron chi connectivity index (χ3n) is 6.59. The highest BCUT2D eigenvalue weighted by Gasteiger charge is 2.48. The molecule has 0 aliphatic carbocycles. The van der Waals surface area contributed by atoms with E-state index in [1.54, 1.807) is 13.8 Å². The van der Waals surface area contributed by atoms with Crippen molar-refractivity contribution >= 4 is 11.9 Å². The molecule has 0 spiro atoms. The predicted octanol–water partition coefficient (Wildman–Crippen LogP) is 1.81. The molecule has 0 aromatic carbocycles. The minimum Gasteiger partial charge on any atom is -0.481 e. The second kappa shape index (κ2) is 13.4. The molecule has 33 heavy (non-hydrogen) atoms. The van der Waals surface area contributed by atoms with Crippen LogP contribution < -0.4 is 0 Å². The van der Waals surface area contributed by atoms with Gasteiger partial charge in [-0.3, -0.25) is 4.79 Å². The summed E-state index contributed by atoms with van der Waals surface area (Å²) in [5, 5.41) is 39.4. The summed E-state index contributed by atoms with van der Waals surface area (Å²) in [6.07, 6.45) is 2.10. The summed E-state index contributed by atoms with van der Waals surface area (Å²) in [5.41, 5.74) is 0.688. The van der Waals surface area contributed by atoms with Crippen molar-refractivity contribution in [3.05, 3.63) is 11.6 Å². The molecular formula is C24H40O9. The lowest BCUT2D eigenvalue weighted by Crippen LogP contribution is -2.50. The lowest BCUT2D eigenvalue weighted by Gasteiger charge is -2.38. The van der Waals surface area contributed by atoms with Gasteiger partial charge < -0.3 is 34.6 Å². The van der Waals surface area contributed by atoms with E-state index in [0.29, 0.717) is 31.3 Å². The Morgan fingerprint density at radius 1 is 1.09 bits per heavy atom. The maximum atomic E-state index is 12.0. The van der Waals surface area contributed by atoms with Gasteiger partial charge in [-0.25, -0.2) is 4.79 Å². The summed E-state index contributed by atoms with van der Waals surface area (Å²) < 4.78 is 16.6. The van der Waals surface area contributed by atoms with Crippen LogP contribution in [-0.2, 0) is 23.8 Å². The van der Waals surface area contributed by atoms with E-state index in [1.807, 2.05) is 6.92 Å². The fourth-order valence-corrected chi connectivity index (χ4v) is 4.24. The van der Waals surface area contributed by atoms with Crippen LogP contribution in [0.2, 0.25) is 0 Å². The van der Waals surface area contributed by atoms with E-state index in [9.17, 15) is 24.9 Å². The molecule has 8 unspecified atom stereocenters. The second-order valence-electron chi connectivity index (χ2n) is 9.51. The molecule has 2 aliphatic heterocycles. The zero-order valence-corrected chi connectivity index (χ0v) is 19.9. The second-order valence-corrected chi connectivity index (χ2v) is 9.51. The van der Waals surface area contributed by atoms with Gasteiger partial charge >= 0.3 is 11.9 Å². The zero-order chi connectivity index (χ0) is 24.5. The number of carboxylic acid groups (broad SMARTS) is 1. The monoisotopic (exact) mass is 472 g/mol. The van der Waals surface area contributed by atoms with Crippen LogP contribution in [-0.4, -0.2) is 82.2 Å². The first-order valence-electron chi connectivity index (χ1n) is 12.0. The molecule has 9 heteroatoms. The molecular weight excluding hydrogens is 432 g/mol. The van der Waals surface area contributed by atoms with E-state index >= 15 is 0 Å². The molecule has 4 N–H and O–H groups in total. The van der Waals surface area contributed by atoms with Crippen LogP contribution in [0.1, 0.15) is 65.7 Å². The normalized spacial score (nSPS) is 31.6. The average Bonchev–Trinajstić information content (AvgIpc) is 3.51. The summed E-state index contributed by atoms with van der Waals surface area (Å²) in [5.74, 6) is -1.51. The van der Waals surface area contributed by atoms with Crippen LogP contribution in [0, 0.1) is 11.8 Å². The number of aliphatic hydroxyl groups excluding tert-OH is 3. The zero-order valence-electron chi connectivity index (χ0n) is 19.9. The van der Waals surface area contributed by atoms with Crippen LogP contribution >= 0.6 is 0 Å². The fourth-order valence-electron chi connectivity index (χ4n) is 4.24.